The van der Waals surface area contributed by atoms with E-state index in [2.05, 4.69) is 10.5 Å². The average Bonchev–Trinajstić information content (AvgIpc) is 2.93. The van der Waals surface area contributed by atoms with Gasteiger partial charge in [0.2, 0.25) is 0 Å². The van der Waals surface area contributed by atoms with Crippen molar-refractivity contribution in [2.45, 2.75) is 38.0 Å². The van der Waals surface area contributed by atoms with Gasteiger partial charge in [-0.3, -0.25) is 0 Å². The molecule has 2 atom stereocenters. The molecule has 0 aliphatic heterocycles. The number of nitrogens with two attached hydrogens (primary N) is 1. The van der Waals surface area contributed by atoms with E-state index in [1.54, 1.807) is 19.2 Å². The second kappa shape index (κ2) is 6.67. The number of rotatable bonds is 5. The number of methoxy groups -OCH3 is 1. The van der Waals surface area contributed by atoms with Crippen LogP contribution in [-0.2, 0) is 11.3 Å². The van der Waals surface area contributed by atoms with Crippen molar-refractivity contribution in [3.05, 3.63) is 35.1 Å². The molecule has 1 fully saturated rings. The Morgan fingerprint density at radius 1 is 1.55 bits per heavy atom. The third-order valence-electron chi connectivity index (χ3n) is 3.76. The monoisotopic (exact) mass is 281 g/mol. The van der Waals surface area contributed by atoms with Crippen LogP contribution < -0.4 is 11.1 Å². The number of oxime groups is 1. The highest BCUT2D eigenvalue weighted by Gasteiger charge is 2.23. The summed E-state index contributed by atoms with van der Waals surface area (Å²) in [6.45, 7) is 0.462. The van der Waals surface area contributed by atoms with Gasteiger partial charge in [0.15, 0.2) is 5.84 Å². The van der Waals surface area contributed by atoms with E-state index < -0.39 is 0 Å². The minimum Gasteiger partial charge on any atom is -0.409 e. The quantitative estimate of drug-likeness (QED) is 0.331. The Balaban J connectivity index is 1.94. The SMILES string of the molecule is COC1CCC(NCc2ccc(/C(N)=N/O)cc2F)C1. The van der Waals surface area contributed by atoms with E-state index in [-0.39, 0.29) is 11.7 Å². The van der Waals surface area contributed by atoms with Crippen molar-refractivity contribution >= 4 is 5.84 Å². The largest absolute Gasteiger partial charge is 0.409 e. The first-order valence-corrected chi connectivity index (χ1v) is 6.66. The number of nitrogens with zero attached hydrogens (tertiary/aromatic N) is 1. The first kappa shape index (κ1) is 14.7. The smallest absolute Gasteiger partial charge is 0.170 e. The van der Waals surface area contributed by atoms with Gasteiger partial charge < -0.3 is 21.0 Å². The van der Waals surface area contributed by atoms with Gasteiger partial charge in [-0.05, 0) is 25.3 Å². The third-order valence-corrected chi connectivity index (χ3v) is 3.76. The highest BCUT2D eigenvalue weighted by atomic mass is 19.1. The van der Waals surface area contributed by atoms with Crippen LogP contribution in [0, 0.1) is 5.82 Å². The van der Waals surface area contributed by atoms with Crippen molar-refractivity contribution in [1.82, 2.24) is 5.32 Å². The zero-order valence-electron chi connectivity index (χ0n) is 11.5. The van der Waals surface area contributed by atoms with Crippen LogP contribution in [0.3, 0.4) is 0 Å². The normalized spacial score (nSPS) is 23.2. The van der Waals surface area contributed by atoms with E-state index in [9.17, 15) is 4.39 Å². The minimum absolute atomic E-state index is 0.0952. The number of hydrogen-bond acceptors (Lipinski definition) is 4. The van der Waals surface area contributed by atoms with Crippen LogP contribution in [0.5, 0.6) is 0 Å². The molecule has 2 rings (SSSR count). The topological polar surface area (TPSA) is 79.9 Å². The fraction of sp³-hybridized carbons (Fsp3) is 0.500. The lowest BCUT2D eigenvalue weighted by atomic mass is 10.1. The lowest BCUT2D eigenvalue weighted by Crippen LogP contribution is -2.27. The number of benzene rings is 1. The van der Waals surface area contributed by atoms with Crippen LogP contribution in [0.25, 0.3) is 0 Å². The fourth-order valence-electron chi connectivity index (χ4n) is 2.50. The van der Waals surface area contributed by atoms with Crippen LogP contribution in [0.2, 0.25) is 0 Å². The zero-order chi connectivity index (χ0) is 14.5. The van der Waals surface area contributed by atoms with Crippen molar-refractivity contribution in [2.24, 2.45) is 10.9 Å². The second-order valence-electron chi connectivity index (χ2n) is 5.04. The molecule has 0 saturated heterocycles. The van der Waals surface area contributed by atoms with Gasteiger partial charge >= 0.3 is 0 Å². The van der Waals surface area contributed by atoms with Gasteiger partial charge in [-0.1, -0.05) is 17.3 Å². The van der Waals surface area contributed by atoms with E-state index >= 15 is 0 Å². The van der Waals surface area contributed by atoms with Gasteiger partial charge in [-0.15, -0.1) is 0 Å². The van der Waals surface area contributed by atoms with Gasteiger partial charge in [0.1, 0.15) is 5.82 Å². The molecule has 0 radical (unpaired) electrons. The molecule has 0 spiro atoms. The lowest BCUT2D eigenvalue weighted by molar-refractivity contribution is 0.107. The van der Waals surface area contributed by atoms with Crippen LogP contribution in [0.4, 0.5) is 4.39 Å². The van der Waals surface area contributed by atoms with Crippen molar-refractivity contribution in [3.8, 4) is 0 Å². The third kappa shape index (κ3) is 3.46. The molecular weight excluding hydrogens is 261 g/mol. The molecule has 0 heterocycles. The Bertz CT molecular complexity index is 493. The molecule has 20 heavy (non-hydrogen) atoms. The molecule has 0 amide bonds. The highest BCUT2D eigenvalue weighted by Crippen LogP contribution is 2.22. The summed E-state index contributed by atoms with van der Waals surface area (Å²) in [6, 6.07) is 4.93. The molecular formula is C14H20FN3O2. The molecule has 2 unspecified atom stereocenters. The molecule has 6 heteroatoms. The minimum atomic E-state index is -0.358. The highest BCUT2D eigenvalue weighted by molar-refractivity contribution is 5.97. The van der Waals surface area contributed by atoms with Gasteiger partial charge in [0.05, 0.1) is 6.10 Å². The Morgan fingerprint density at radius 2 is 2.35 bits per heavy atom. The summed E-state index contributed by atoms with van der Waals surface area (Å²) in [5, 5.41) is 14.7. The first-order valence-electron chi connectivity index (χ1n) is 6.66. The predicted octanol–water partition coefficient (Wildman–Crippen LogP) is 1.58. The molecule has 1 aliphatic rings. The van der Waals surface area contributed by atoms with E-state index in [4.69, 9.17) is 15.7 Å². The van der Waals surface area contributed by atoms with Gasteiger partial charge in [0, 0.05) is 30.8 Å². The summed E-state index contributed by atoms with van der Waals surface area (Å²) >= 11 is 0. The molecule has 1 aromatic rings. The van der Waals surface area contributed by atoms with Gasteiger partial charge in [-0.2, -0.15) is 0 Å². The van der Waals surface area contributed by atoms with E-state index in [0.29, 0.717) is 29.8 Å². The zero-order valence-corrected chi connectivity index (χ0v) is 11.5. The standard InChI is InChI=1S/C14H20FN3O2/c1-20-12-5-4-11(7-12)17-8-10-3-2-9(6-13(10)15)14(16)18-19/h2-3,6,11-12,17,19H,4-5,7-8H2,1H3,(H2,16,18). The van der Waals surface area contributed by atoms with Crippen molar-refractivity contribution in [2.75, 3.05) is 7.11 Å². The number of nitrogens with one attached hydrogen (secondary N) is 1. The lowest BCUT2D eigenvalue weighted by Gasteiger charge is -2.13. The van der Waals surface area contributed by atoms with Crippen molar-refractivity contribution in [3.63, 3.8) is 0 Å². The molecule has 1 saturated carbocycles. The Labute approximate surface area is 117 Å². The molecule has 0 bridgehead atoms. The van der Waals surface area contributed by atoms with Crippen LogP contribution in [-0.4, -0.2) is 30.3 Å². The fourth-order valence-corrected chi connectivity index (χ4v) is 2.50. The maximum atomic E-state index is 13.9. The Morgan fingerprint density at radius 3 is 2.95 bits per heavy atom. The number of amidine groups is 1. The summed E-state index contributed by atoms with van der Waals surface area (Å²) in [6.07, 6.45) is 3.35. The number of halogens is 1. The van der Waals surface area contributed by atoms with Crippen molar-refractivity contribution in [1.29, 1.82) is 0 Å². The second-order valence-corrected chi connectivity index (χ2v) is 5.04. The molecule has 1 aliphatic carbocycles. The predicted molar refractivity (Wildman–Crippen MR) is 74.2 cm³/mol. The van der Waals surface area contributed by atoms with Crippen LogP contribution >= 0.6 is 0 Å². The molecule has 1 aromatic carbocycles. The summed E-state index contributed by atoms with van der Waals surface area (Å²) in [5.41, 5.74) is 6.36. The summed E-state index contributed by atoms with van der Waals surface area (Å²) in [4.78, 5) is 0. The number of ether oxygens (including phenoxy) is 1. The number of hydrogen-bond donors (Lipinski definition) is 3. The van der Waals surface area contributed by atoms with E-state index in [1.807, 2.05) is 0 Å². The summed E-state index contributed by atoms with van der Waals surface area (Å²) in [5.74, 6) is -0.454. The Kier molecular flexibility index (Phi) is 4.92. The molecule has 110 valence electrons. The van der Waals surface area contributed by atoms with E-state index in [0.717, 1.165) is 19.3 Å². The molecule has 5 nitrogen and oxygen atoms in total. The summed E-state index contributed by atoms with van der Waals surface area (Å²) in [7, 11) is 1.72. The maximum Gasteiger partial charge on any atom is 0.170 e. The van der Waals surface area contributed by atoms with Crippen molar-refractivity contribution < 1.29 is 14.3 Å². The first-order chi connectivity index (χ1) is 9.63. The van der Waals surface area contributed by atoms with Crippen LogP contribution in [0.15, 0.2) is 23.4 Å². The summed E-state index contributed by atoms with van der Waals surface area (Å²) < 4.78 is 19.2. The van der Waals surface area contributed by atoms with Crippen LogP contribution in [0.1, 0.15) is 30.4 Å². The average molecular weight is 281 g/mol. The van der Waals surface area contributed by atoms with E-state index in [1.165, 1.54) is 6.07 Å². The maximum absolute atomic E-state index is 13.9. The molecule has 4 N–H and O–H groups in total. The van der Waals surface area contributed by atoms with Gasteiger partial charge in [-0.25, -0.2) is 4.39 Å². The Hall–Kier alpha value is -1.66. The van der Waals surface area contributed by atoms with Gasteiger partial charge in [0.25, 0.3) is 0 Å². The molecule has 0 aromatic heterocycles.